The van der Waals surface area contributed by atoms with Crippen LogP contribution in [-0.4, -0.2) is 68.2 Å². The normalized spacial score (nSPS) is 31.7. The largest absolute Gasteiger partial charge is 0.387 e. The van der Waals surface area contributed by atoms with Gasteiger partial charge in [0.25, 0.3) is 0 Å². The molecule has 0 aliphatic carbocycles. The first-order valence-electron chi connectivity index (χ1n) is 17.1. The molecule has 2 aromatic heterocycles. The van der Waals surface area contributed by atoms with Crippen molar-refractivity contribution in [1.29, 1.82) is 0 Å². The average molecular weight is 605 g/mol. The number of aliphatic hydroxyl groups excluding tert-OH is 2. The van der Waals surface area contributed by atoms with Gasteiger partial charge in [-0.2, -0.15) is 0 Å². The summed E-state index contributed by atoms with van der Waals surface area (Å²) in [4.78, 5) is 13.8. The smallest absolute Gasteiger partial charge is 0.0952 e. The van der Waals surface area contributed by atoms with Crippen molar-refractivity contribution >= 4 is 21.8 Å². The predicted octanol–water partition coefficient (Wildman–Crippen LogP) is 6.86. The second-order valence-corrected chi connectivity index (χ2v) is 14.0. The van der Waals surface area contributed by atoms with E-state index in [4.69, 9.17) is 0 Å². The molecule has 6 nitrogen and oxygen atoms in total. The Hall–Kier alpha value is -3.16. The molecule has 2 N–H and O–H groups in total. The molecule has 0 amide bonds. The second-order valence-electron chi connectivity index (χ2n) is 14.0. The highest BCUT2D eigenvalue weighted by Gasteiger charge is 2.43. The Kier molecular flexibility index (Phi) is 8.75. The maximum Gasteiger partial charge on any atom is 0.0952 e. The standard InChI is InChI=1S/C20H26N2O.C19H22N2O/c1-3-14-12-22-9-7-15(14)11-19(22)20(23)16-6-8-21-18-5-4-13(2)10-17(16)18;1-2-13-12-21-10-8-14(13)11-18(21)19(22)16-7-9-20-17-6-4-3-5-15(16)17/h4-6,8,10,14-15,19-20,23H,3,7,9,11-12H2,1-2H3;2-7,9,13-14,18-19,22H,1,8,10-12H2/t14?,15?,19?,20-;/m0./s1. The zero-order chi connectivity index (χ0) is 31.1. The molecular formula is C39H48N4O2. The lowest BCUT2D eigenvalue weighted by atomic mass is 9.72. The van der Waals surface area contributed by atoms with E-state index in [1.54, 1.807) is 0 Å². The summed E-state index contributed by atoms with van der Waals surface area (Å²) in [7, 11) is 0. The van der Waals surface area contributed by atoms with Gasteiger partial charge in [0, 0.05) is 48.3 Å². The molecular weight excluding hydrogens is 556 g/mol. The molecule has 4 bridgehead atoms. The summed E-state index contributed by atoms with van der Waals surface area (Å²) in [6, 6.07) is 18.8. The SMILES string of the molecule is C=CC1CN2CCC1CC2C(O)c1ccnc2ccccc12.CCC1CN2CCC1CC2[C@@H](O)c1ccnc2ccc(C)cc12. The third-order valence-electron chi connectivity index (χ3n) is 11.6. The van der Waals surface area contributed by atoms with Crippen LogP contribution in [0.2, 0.25) is 0 Å². The number of nitrogens with zero attached hydrogens (tertiary/aromatic N) is 4. The van der Waals surface area contributed by atoms with E-state index in [0.29, 0.717) is 11.8 Å². The van der Waals surface area contributed by atoms with Gasteiger partial charge in [-0.15, -0.1) is 6.58 Å². The third kappa shape index (κ3) is 5.83. The molecule has 8 heterocycles. The van der Waals surface area contributed by atoms with Crippen molar-refractivity contribution in [2.75, 3.05) is 26.2 Å². The van der Waals surface area contributed by atoms with Crippen molar-refractivity contribution in [2.45, 2.75) is 70.2 Å². The van der Waals surface area contributed by atoms with Crippen LogP contribution in [0.25, 0.3) is 21.8 Å². The molecule has 2 aromatic carbocycles. The van der Waals surface area contributed by atoms with Crippen LogP contribution in [0.3, 0.4) is 0 Å². The van der Waals surface area contributed by atoms with Crippen molar-refractivity contribution in [2.24, 2.45) is 23.7 Å². The molecule has 0 saturated carbocycles. The van der Waals surface area contributed by atoms with Crippen LogP contribution >= 0.6 is 0 Å². The van der Waals surface area contributed by atoms with Gasteiger partial charge in [-0.1, -0.05) is 49.2 Å². The zero-order valence-electron chi connectivity index (χ0n) is 26.8. The van der Waals surface area contributed by atoms with Crippen molar-refractivity contribution in [1.82, 2.24) is 19.8 Å². The number of aliphatic hydroxyl groups is 2. The van der Waals surface area contributed by atoms with Crippen molar-refractivity contribution < 1.29 is 10.2 Å². The minimum atomic E-state index is -0.443. The summed E-state index contributed by atoms with van der Waals surface area (Å²) >= 11 is 0. The number of benzene rings is 2. The van der Waals surface area contributed by atoms with Gasteiger partial charge in [-0.3, -0.25) is 19.8 Å². The summed E-state index contributed by atoms with van der Waals surface area (Å²) in [6.45, 7) is 12.8. The first kappa shape index (κ1) is 30.5. The molecule has 4 aromatic rings. The van der Waals surface area contributed by atoms with E-state index < -0.39 is 12.2 Å². The fourth-order valence-corrected chi connectivity index (χ4v) is 9.01. The molecule has 10 rings (SSSR count). The highest BCUT2D eigenvalue weighted by Crippen LogP contribution is 2.43. The van der Waals surface area contributed by atoms with Crippen LogP contribution in [0.1, 0.15) is 67.9 Å². The van der Waals surface area contributed by atoms with Gasteiger partial charge in [0.2, 0.25) is 0 Å². The molecule has 0 radical (unpaired) electrons. The first-order chi connectivity index (χ1) is 21.9. The molecule has 0 spiro atoms. The number of fused-ring (bicyclic) bond motifs is 8. The quantitative estimate of drug-likeness (QED) is 0.234. The van der Waals surface area contributed by atoms with E-state index in [-0.39, 0.29) is 12.1 Å². The van der Waals surface area contributed by atoms with Crippen LogP contribution in [0.15, 0.2) is 79.6 Å². The second kappa shape index (κ2) is 12.9. The van der Waals surface area contributed by atoms with Crippen LogP contribution in [0.5, 0.6) is 0 Å². The molecule has 6 heteroatoms. The summed E-state index contributed by atoms with van der Waals surface area (Å²) in [5.41, 5.74) is 5.21. The fraction of sp³-hybridized carbons (Fsp3) is 0.487. The van der Waals surface area contributed by atoms with Crippen molar-refractivity contribution in [3.63, 3.8) is 0 Å². The van der Waals surface area contributed by atoms with Crippen molar-refractivity contribution in [3.8, 4) is 0 Å². The van der Waals surface area contributed by atoms with Crippen LogP contribution in [0, 0.1) is 30.6 Å². The van der Waals surface area contributed by atoms with Gasteiger partial charge in [0.1, 0.15) is 0 Å². The maximum atomic E-state index is 11.1. The minimum Gasteiger partial charge on any atom is -0.387 e. The molecule has 9 unspecified atom stereocenters. The Morgan fingerprint density at radius 3 is 2.07 bits per heavy atom. The minimum absolute atomic E-state index is 0.223. The number of aryl methyl sites for hydroxylation is 1. The van der Waals surface area contributed by atoms with E-state index in [1.807, 2.05) is 42.7 Å². The van der Waals surface area contributed by atoms with Gasteiger partial charge >= 0.3 is 0 Å². The topological polar surface area (TPSA) is 72.7 Å². The van der Waals surface area contributed by atoms with Gasteiger partial charge in [0.15, 0.2) is 0 Å². The monoisotopic (exact) mass is 604 g/mol. The molecule has 10 atom stereocenters. The maximum absolute atomic E-state index is 11.1. The van der Waals surface area contributed by atoms with Gasteiger partial charge in [-0.05, 0) is 111 Å². The highest BCUT2D eigenvalue weighted by molar-refractivity contribution is 5.83. The Labute approximate surface area is 267 Å². The Morgan fingerprint density at radius 2 is 1.44 bits per heavy atom. The van der Waals surface area contributed by atoms with Gasteiger partial charge in [-0.25, -0.2) is 0 Å². The van der Waals surface area contributed by atoms with E-state index in [0.717, 1.165) is 83.8 Å². The molecule has 45 heavy (non-hydrogen) atoms. The average Bonchev–Trinajstić information content (AvgIpc) is 3.11. The number of piperidine rings is 6. The van der Waals surface area contributed by atoms with E-state index in [1.165, 1.54) is 24.8 Å². The number of rotatable bonds is 6. The Morgan fingerprint density at radius 1 is 0.822 bits per heavy atom. The van der Waals surface area contributed by atoms with Crippen LogP contribution in [0.4, 0.5) is 0 Å². The number of pyridine rings is 2. The Balaban J connectivity index is 0.000000145. The van der Waals surface area contributed by atoms with E-state index >= 15 is 0 Å². The number of para-hydroxylation sites is 1. The Bertz CT molecular complexity index is 1650. The van der Waals surface area contributed by atoms with Gasteiger partial charge < -0.3 is 10.2 Å². The van der Waals surface area contributed by atoms with E-state index in [9.17, 15) is 10.2 Å². The first-order valence-corrected chi connectivity index (χ1v) is 17.1. The lowest BCUT2D eigenvalue weighted by Crippen LogP contribution is -2.55. The molecule has 6 aliphatic rings. The van der Waals surface area contributed by atoms with E-state index in [2.05, 4.69) is 70.5 Å². The lowest BCUT2D eigenvalue weighted by Gasteiger charge is -2.51. The highest BCUT2D eigenvalue weighted by atomic mass is 16.3. The summed E-state index contributed by atoms with van der Waals surface area (Å²) in [6.07, 6.45) is 10.9. The van der Waals surface area contributed by atoms with Crippen LogP contribution in [-0.2, 0) is 0 Å². The number of aromatic nitrogens is 2. The van der Waals surface area contributed by atoms with Crippen LogP contribution < -0.4 is 0 Å². The van der Waals surface area contributed by atoms with Crippen molar-refractivity contribution in [3.05, 3.63) is 96.3 Å². The summed E-state index contributed by atoms with van der Waals surface area (Å²) < 4.78 is 0. The van der Waals surface area contributed by atoms with Gasteiger partial charge in [0.05, 0.1) is 23.2 Å². The molecule has 6 saturated heterocycles. The zero-order valence-corrected chi connectivity index (χ0v) is 26.8. The lowest BCUT2D eigenvalue weighted by molar-refractivity contribution is -0.0562. The fourth-order valence-electron chi connectivity index (χ4n) is 9.01. The molecule has 236 valence electrons. The predicted molar refractivity (Wildman–Crippen MR) is 182 cm³/mol. The number of hydrogen-bond acceptors (Lipinski definition) is 6. The molecule has 6 fully saturated rings. The molecule has 6 aliphatic heterocycles. The summed E-state index contributed by atoms with van der Waals surface area (Å²) in [5.74, 6) is 2.88. The number of hydrogen-bond donors (Lipinski definition) is 2. The third-order valence-corrected chi connectivity index (χ3v) is 11.6. The summed E-state index contributed by atoms with van der Waals surface area (Å²) in [5, 5.41) is 24.4.